The van der Waals surface area contributed by atoms with Crippen LogP contribution < -0.4 is 0 Å². The van der Waals surface area contributed by atoms with E-state index in [0.29, 0.717) is 12.5 Å². The van der Waals surface area contributed by atoms with E-state index in [0.717, 1.165) is 4.90 Å². The summed E-state index contributed by atoms with van der Waals surface area (Å²) in [7, 11) is 0. The lowest BCUT2D eigenvalue weighted by Crippen LogP contribution is -2.40. The number of hydrogen-bond donors (Lipinski definition) is 2. The van der Waals surface area contributed by atoms with E-state index in [1.807, 2.05) is 0 Å². The molecule has 0 saturated carbocycles. The molecule has 2 rings (SSSR count). The summed E-state index contributed by atoms with van der Waals surface area (Å²) in [5.41, 5.74) is -0.894. The Morgan fingerprint density at radius 2 is 1.90 bits per heavy atom. The van der Waals surface area contributed by atoms with E-state index in [1.165, 1.54) is 0 Å². The van der Waals surface area contributed by atoms with Crippen LogP contribution in [-0.4, -0.2) is 39.6 Å². The standard InChI is InChI=1S/C12H10F3NO4/c13-6-4-5(8(14)10(17)9(6)15)11(18)16-3-1-2-7(16)12(19)20/h4,7,17H,1-3H2,(H,19,20)/t7-/m0/s1. The second-order valence-corrected chi connectivity index (χ2v) is 4.38. The fourth-order valence-corrected chi connectivity index (χ4v) is 2.17. The van der Waals surface area contributed by atoms with Crippen LogP contribution in [0.3, 0.4) is 0 Å². The monoisotopic (exact) mass is 289 g/mol. The van der Waals surface area contributed by atoms with Gasteiger partial charge in [-0.15, -0.1) is 0 Å². The number of carbonyl (C=O) groups excluding carboxylic acids is 1. The van der Waals surface area contributed by atoms with Gasteiger partial charge in [0.1, 0.15) is 6.04 Å². The molecule has 1 aromatic carbocycles. The molecule has 8 heteroatoms. The predicted molar refractivity (Wildman–Crippen MR) is 59.7 cm³/mol. The summed E-state index contributed by atoms with van der Waals surface area (Å²) >= 11 is 0. The number of carbonyl (C=O) groups is 2. The maximum Gasteiger partial charge on any atom is 0.326 e. The minimum atomic E-state index is -1.80. The lowest BCUT2D eigenvalue weighted by atomic mass is 10.1. The van der Waals surface area contributed by atoms with E-state index in [4.69, 9.17) is 10.2 Å². The molecule has 0 radical (unpaired) electrons. The minimum Gasteiger partial charge on any atom is -0.503 e. The van der Waals surface area contributed by atoms with Crippen molar-refractivity contribution in [3.8, 4) is 5.75 Å². The Labute approximate surface area is 111 Å². The molecule has 1 amide bonds. The van der Waals surface area contributed by atoms with Gasteiger partial charge in [-0.1, -0.05) is 0 Å². The van der Waals surface area contributed by atoms with Gasteiger partial charge in [-0.3, -0.25) is 4.79 Å². The van der Waals surface area contributed by atoms with Crippen LogP contribution in [0.1, 0.15) is 23.2 Å². The first-order chi connectivity index (χ1) is 9.34. The molecule has 5 nitrogen and oxygen atoms in total. The molecule has 0 spiro atoms. The SMILES string of the molecule is O=C(O)[C@@H]1CCCN1C(=O)c1cc(F)c(F)c(O)c1F. The highest BCUT2D eigenvalue weighted by Gasteiger charge is 2.36. The van der Waals surface area contributed by atoms with E-state index in [-0.39, 0.29) is 13.0 Å². The van der Waals surface area contributed by atoms with Gasteiger partial charge in [-0.2, -0.15) is 4.39 Å². The van der Waals surface area contributed by atoms with Crippen molar-refractivity contribution in [2.45, 2.75) is 18.9 Å². The van der Waals surface area contributed by atoms with Crippen molar-refractivity contribution in [3.05, 3.63) is 29.1 Å². The summed E-state index contributed by atoms with van der Waals surface area (Å²) < 4.78 is 39.7. The Balaban J connectivity index is 2.42. The summed E-state index contributed by atoms with van der Waals surface area (Å²) in [6, 6.07) is -0.832. The average molecular weight is 289 g/mol. The largest absolute Gasteiger partial charge is 0.503 e. The number of amides is 1. The van der Waals surface area contributed by atoms with Gasteiger partial charge < -0.3 is 15.1 Å². The fraction of sp³-hybridized carbons (Fsp3) is 0.333. The smallest absolute Gasteiger partial charge is 0.326 e. The highest BCUT2D eigenvalue weighted by atomic mass is 19.2. The van der Waals surface area contributed by atoms with Crippen LogP contribution >= 0.6 is 0 Å². The highest BCUT2D eigenvalue weighted by molar-refractivity contribution is 5.97. The Morgan fingerprint density at radius 1 is 1.25 bits per heavy atom. The van der Waals surface area contributed by atoms with Gasteiger partial charge >= 0.3 is 5.97 Å². The van der Waals surface area contributed by atoms with Crippen LogP contribution in [0, 0.1) is 17.5 Å². The third-order valence-corrected chi connectivity index (χ3v) is 3.16. The number of likely N-dealkylation sites (tertiary alicyclic amines) is 1. The van der Waals surface area contributed by atoms with Gasteiger partial charge in [-0.05, 0) is 18.9 Å². The molecule has 0 aromatic heterocycles. The number of aromatic hydroxyl groups is 1. The first kappa shape index (κ1) is 14.2. The molecule has 1 atom stereocenters. The van der Waals surface area contributed by atoms with Crippen molar-refractivity contribution >= 4 is 11.9 Å². The van der Waals surface area contributed by atoms with E-state index >= 15 is 0 Å². The van der Waals surface area contributed by atoms with E-state index in [9.17, 15) is 22.8 Å². The Morgan fingerprint density at radius 3 is 2.50 bits per heavy atom. The second-order valence-electron chi connectivity index (χ2n) is 4.38. The summed E-state index contributed by atoms with van der Waals surface area (Å²) in [4.78, 5) is 23.8. The van der Waals surface area contributed by atoms with Crippen LogP contribution in [0.4, 0.5) is 13.2 Å². The predicted octanol–water partition coefficient (Wildman–Crippen LogP) is 1.50. The Kier molecular flexibility index (Phi) is 3.56. The first-order valence-corrected chi connectivity index (χ1v) is 5.74. The third-order valence-electron chi connectivity index (χ3n) is 3.16. The number of carboxylic acid groups (broad SMARTS) is 1. The lowest BCUT2D eigenvalue weighted by Gasteiger charge is -2.21. The molecule has 1 aliphatic heterocycles. The van der Waals surface area contributed by atoms with Gasteiger partial charge in [0.2, 0.25) is 5.82 Å². The average Bonchev–Trinajstić information content (AvgIpc) is 2.89. The number of benzene rings is 1. The molecule has 20 heavy (non-hydrogen) atoms. The number of aliphatic carboxylic acids is 1. The second kappa shape index (κ2) is 5.03. The molecule has 1 heterocycles. The van der Waals surface area contributed by atoms with Crippen LogP contribution in [0.2, 0.25) is 0 Å². The van der Waals surface area contributed by atoms with Crippen molar-refractivity contribution in [2.75, 3.05) is 6.54 Å². The quantitative estimate of drug-likeness (QED) is 0.809. The molecule has 0 bridgehead atoms. The normalized spacial score (nSPS) is 18.4. The van der Waals surface area contributed by atoms with Gasteiger partial charge in [0.05, 0.1) is 5.56 Å². The third kappa shape index (κ3) is 2.17. The summed E-state index contributed by atoms with van der Waals surface area (Å²) in [6.45, 7) is 0.0645. The van der Waals surface area contributed by atoms with Crippen molar-refractivity contribution in [1.82, 2.24) is 4.90 Å². The first-order valence-electron chi connectivity index (χ1n) is 5.74. The number of phenolic OH excluding ortho intramolecular Hbond substituents is 1. The van der Waals surface area contributed by atoms with E-state index in [2.05, 4.69) is 0 Å². The molecule has 0 aliphatic carbocycles. The van der Waals surface area contributed by atoms with Crippen LogP contribution in [-0.2, 0) is 4.79 Å². The number of rotatable bonds is 2. The summed E-state index contributed by atoms with van der Waals surface area (Å²) in [6.07, 6.45) is 0.596. The minimum absolute atomic E-state index is 0.0645. The van der Waals surface area contributed by atoms with Crippen LogP contribution in [0.5, 0.6) is 5.75 Å². The number of nitrogens with zero attached hydrogens (tertiary/aromatic N) is 1. The molecule has 0 unspecified atom stereocenters. The fourth-order valence-electron chi connectivity index (χ4n) is 2.17. The number of halogens is 3. The molecule has 2 N–H and O–H groups in total. The van der Waals surface area contributed by atoms with Crippen LogP contribution in [0.25, 0.3) is 0 Å². The zero-order valence-corrected chi connectivity index (χ0v) is 10.1. The highest BCUT2D eigenvalue weighted by Crippen LogP contribution is 2.28. The molecule has 1 saturated heterocycles. The number of phenols is 1. The summed E-state index contributed by atoms with van der Waals surface area (Å²) in [5, 5.41) is 18.0. The molecule has 1 aliphatic rings. The van der Waals surface area contributed by atoms with Gasteiger partial charge in [0.25, 0.3) is 5.91 Å². The molecular formula is C12H10F3NO4. The molecule has 108 valence electrons. The van der Waals surface area contributed by atoms with Crippen molar-refractivity contribution < 1.29 is 33.0 Å². The van der Waals surface area contributed by atoms with Crippen LogP contribution in [0.15, 0.2) is 6.07 Å². The zero-order chi connectivity index (χ0) is 15.0. The lowest BCUT2D eigenvalue weighted by molar-refractivity contribution is -0.141. The molecule has 1 fully saturated rings. The number of carboxylic acids is 1. The Hall–Kier alpha value is -2.25. The van der Waals surface area contributed by atoms with Gasteiger partial charge in [0, 0.05) is 6.54 Å². The van der Waals surface area contributed by atoms with Crippen molar-refractivity contribution in [1.29, 1.82) is 0 Å². The summed E-state index contributed by atoms with van der Waals surface area (Å²) in [5.74, 6) is -8.94. The van der Waals surface area contributed by atoms with E-state index < -0.39 is 46.7 Å². The van der Waals surface area contributed by atoms with Crippen molar-refractivity contribution in [3.63, 3.8) is 0 Å². The maximum absolute atomic E-state index is 13.6. The topological polar surface area (TPSA) is 77.8 Å². The number of hydrogen-bond acceptors (Lipinski definition) is 3. The van der Waals surface area contributed by atoms with Gasteiger partial charge in [-0.25, -0.2) is 13.6 Å². The Bertz CT molecular complexity index is 591. The van der Waals surface area contributed by atoms with Crippen molar-refractivity contribution in [2.24, 2.45) is 0 Å². The zero-order valence-electron chi connectivity index (χ0n) is 10.1. The van der Waals surface area contributed by atoms with E-state index in [1.54, 1.807) is 0 Å². The molecule has 1 aromatic rings. The maximum atomic E-state index is 13.6. The molecular weight excluding hydrogens is 279 g/mol. The van der Waals surface area contributed by atoms with Gasteiger partial charge in [0.15, 0.2) is 17.4 Å².